The molecule has 0 saturated carbocycles. The van der Waals surface area contributed by atoms with Crippen LogP contribution in [-0.2, 0) is 0 Å². The number of nitrogens with zero attached hydrogens (tertiary/aromatic N) is 1. The molecule has 0 aliphatic heterocycles. The number of para-hydroxylation sites is 1. The molecule has 0 atom stereocenters. The van der Waals surface area contributed by atoms with E-state index >= 15 is 0 Å². The largest absolute Gasteiger partial charge is 0.545 e. The SMILES string of the molecule is CNC(=O)[n+]1cc[nH]c1.O=C([O-])c1ccccc1O. The van der Waals surface area contributed by atoms with E-state index in [4.69, 9.17) is 5.11 Å². The third-order valence-corrected chi connectivity index (χ3v) is 2.12. The Morgan fingerprint density at radius 2 is 2.05 bits per heavy atom. The van der Waals surface area contributed by atoms with Crippen molar-refractivity contribution in [2.45, 2.75) is 0 Å². The van der Waals surface area contributed by atoms with Gasteiger partial charge in [-0.25, -0.2) is 4.79 Å². The molecule has 1 aromatic heterocycles. The van der Waals surface area contributed by atoms with Gasteiger partial charge in [-0.1, -0.05) is 12.1 Å². The Morgan fingerprint density at radius 3 is 2.47 bits per heavy atom. The topological polar surface area (TPSA) is 109 Å². The van der Waals surface area contributed by atoms with Crippen LogP contribution >= 0.6 is 0 Å². The second-order valence-corrected chi connectivity index (χ2v) is 3.38. The molecule has 0 aliphatic carbocycles. The molecule has 0 bridgehead atoms. The number of carbonyl (C=O) groups is 2. The molecule has 2 rings (SSSR count). The number of aromatic carboxylic acids is 1. The summed E-state index contributed by atoms with van der Waals surface area (Å²) < 4.78 is 1.42. The Labute approximate surface area is 109 Å². The summed E-state index contributed by atoms with van der Waals surface area (Å²) in [5, 5.41) is 21.5. The highest BCUT2D eigenvalue weighted by molar-refractivity contribution is 5.88. The lowest BCUT2D eigenvalue weighted by Crippen LogP contribution is -2.47. The van der Waals surface area contributed by atoms with E-state index in [1.807, 2.05) is 0 Å². The minimum Gasteiger partial charge on any atom is -0.545 e. The van der Waals surface area contributed by atoms with Gasteiger partial charge >= 0.3 is 6.03 Å². The maximum atomic E-state index is 10.7. The predicted molar refractivity (Wildman–Crippen MR) is 63.3 cm³/mol. The number of hydrogen-bond acceptors (Lipinski definition) is 4. The number of aromatic hydroxyl groups is 1. The van der Waals surface area contributed by atoms with E-state index in [0.717, 1.165) is 0 Å². The summed E-state index contributed by atoms with van der Waals surface area (Å²) in [6.07, 6.45) is 4.88. The molecule has 2 aromatic rings. The summed E-state index contributed by atoms with van der Waals surface area (Å²) in [6, 6.07) is 5.50. The molecular weight excluding hydrogens is 250 g/mol. The van der Waals surface area contributed by atoms with Crippen LogP contribution in [0.1, 0.15) is 10.4 Å². The number of nitrogens with one attached hydrogen (secondary N) is 2. The van der Waals surface area contributed by atoms with Gasteiger partial charge in [0, 0.05) is 5.56 Å². The van der Waals surface area contributed by atoms with Crippen molar-refractivity contribution in [2.24, 2.45) is 0 Å². The molecule has 0 unspecified atom stereocenters. The van der Waals surface area contributed by atoms with Gasteiger partial charge in [-0.15, -0.1) is 0 Å². The first-order valence-electron chi connectivity index (χ1n) is 5.31. The fraction of sp³-hybridized carbons (Fsp3) is 0.0833. The van der Waals surface area contributed by atoms with Crippen LogP contribution in [0.3, 0.4) is 0 Å². The van der Waals surface area contributed by atoms with Gasteiger partial charge in [-0.3, -0.25) is 10.3 Å². The molecule has 1 aromatic carbocycles. The van der Waals surface area contributed by atoms with Crippen molar-refractivity contribution in [1.82, 2.24) is 10.3 Å². The summed E-state index contributed by atoms with van der Waals surface area (Å²) >= 11 is 0. The van der Waals surface area contributed by atoms with E-state index in [1.54, 1.807) is 31.8 Å². The van der Waals surface area contributed by atoms with Gasteiger partial charge in [-0.05, 0) is 12.1 Å². The third-order valence-electron chi connectivity index (χ3n) is 2.12. The van der Waals surface area contributed by atoms with Crippen molar-refractivity contribution in [3.05, 3.63) is 48.5 Å². The molecule has 3 N–H and O–H groups in total. The molecule has 0 radical (unpaired) electrons. The van der Waals surface area contributed by atoms with Gasteiger partial charge in [0.15, 0.2) is 6.33 Å². The smallest absolute Gasteiger partial charge is 0.440 e. The minimum atomic E-state index is -1.36. The number of phenols is 1. The van der Waals surface area contributed by atoms with Gasteiger partial charge in [0.2, 0.25) is 0 Å². The standard InChI is InChI=1S/C7H6O3.C5H7N3O/c8-6-4-2-1-3-5(6)7(9)10;1-6-5(9)8-3-2-7-4-8/h1-4,8H,(H,9,10);2-4H,1H3,(H,6,9). The summed E-state index contributed by atoms with van der Waals surface area (Å²) in [5.41, 5.74) is -0.178. The zero-order valence-electron chi connectivity index (χ0n) is 10.2. The van der Waals surface area contributed by atoms with Crippen LogP contribution in [-0.4, -0.2) is 29.1 Å². The zero-order valence-corrected chi connectivity index (χ0v) is 10.2. The monoisotopic (exact) mass is 263 g/mol. The Bertz CT molecular complexity index is 552. The Kier molecular flexibility index (Phi) is 5.09. The number of amides is 1. The molecular formula is C12H13N3O4. The van der Waals surface area contributed by atoms with Crippen LogP contribution < -0.4 is 15.0 Å². The van der Waals surface area contributed by atoms with Crippen LogP contribution in [0.2, 0.25) is 0 Å². The maximum absolute atomic E-state index is 10.7. The van der Waals surface area contributed by atoms with E-state index in [0.29, 0.717) is 0 Å². The van der Waals surface area contributed by atoms with Gasteiger partial charge in [-0.2, -0.15) is 4.57 Å². The van der Waals surface area contributed by atoms with Gasteiger partial charge in [0.05, 0.1) is 19.2 Å². The average molecular weight is 263 g/mol. The van der Waals surface area contributed by atoms with Crippen molar-refractivity contribution in [1.29, 1.82) is 0 Å². The molecule has 0 spiro atoms. The summed E-state index contributed by atoms with van der Waals surface area (Å²) in [4.78, 5) is 23.6. The van der Waals surface area contributed by atoms with Gasteiger partial charge in [0.25, 0.3) is 0 Å². The number of hydrogen-bond donors (Lipinski definition) is 3. The molecule has 7 nitrogen and oxygen atoms in total. The molecule has 0 aliphatic rings. The molecule has 0 saturated heterocycles. The highest BCUT2D eigenvalue weighted by atomic mass is 16.4. The number of carboxylic acid groups (broad SMARTS) is 1. The van der Waals surface area contributed by atoms with Crippen molar-refractivity contribution in [3.63, 3.8) is 0 Å². The van der Waals surface area contributed by atoms with Gasteiger partial charge in [0.1, 0.15) is 11.9 Å². The minimum absolute atomic E-state index is 0.142. The number of imidazole rings is 1. The summed E-state index contributed by atoms with van der Waals surface area (Å²) in [6.45, 7) is 0. The number of rotatable bonds is 1. The van der Waals surface area contributed by atoms with E-state index < -0.39 is 5.97 Å². The predicted octanol–water partition coefficient (Wildman–Crippen LogP) is -0.755. The summed E-state index contributed by atoms with van der Waals surface area (Å²) in [7, 11) is 1.59. The first kappa shape index (κ1) is 14.2. The van der Waals surface area contributed by atoms with Crippen LogP contribution in [0.5, 0.6) is 5.75 Å². The molecule has 0 fully saturated rings. The first-order valence-corrected chi connectivity index (χ1v) is 5.31. The fourth-order valence-electron chi connectivity index (χ4n) is 1.19. The van der Waals surface area contributed by atoms with E-state index in [2.05, 4.69) is 10.3 Å². The lowest BCUT2D eigenvalue weighted by Gasteiger charge is -2.02. The second kappa shape index (κ2) is 6.80. The molecule has 100 valence electrons. The Hall–Kier alpha value is -2.83. The quantitative estimate of drug-likeness (QED) is 0.588. The molecule has 1 amide bonds. The number of H-pyrrole nitrogens is 1. The average Bonchev–Trinajstić information content (AvgIpc) is 2.92. The van der Waals surface area contributed by atoms with Crippen LogP contribution in [0.4, 0.5) is 4.79 Å². The van der Waals surface area contributed by atoms with E-state index in [9.17, 15) is 14.7 Å². The van der Waals surface area contributed by atoms with Crippen LogP contribution in [0, 0.1) is 0 Å². The molecule has 19 heavy (non-hydrogen) atoms. The van der Waals surface area contributed by atoms with Crippen molar-refractivity contribution in [3.8, 4) is 5.75 Å². The Balaban J connectivity index is 0.000000191. The highest BCUT2D eigenvalue weighted by Gasteiger charge is 2.04. The third kappa shape index (κ3) is 4.15. The second-order valence-electron chi connectivity index (χ2n) is 3.38. The van der Waals surface area contributed by atoms with E-state index in [-0.39, 0.29) is 17.3 Å². The number of benzene rings is 1. The maximum Gasteiger partial charge on any atom is 0.440 e. The number of carbonyl (C=O) groups excluding carboxylic acids is 2. The number of aromatic amines is 1. The lowest BCUT2D eigenvalue weighted by molar-refractivity contribution is -0.570. The molecule has 7 heteroatoms. The van der Waals surface area contributed by atoms with Gasteiger partial charge < -0.3 is 15.0 Å². The zero-order chi connectivity index (χ0) is 14.3. The highest BCUT2D eigenvalue weighted by Crippen LogP contribution is 2.13. The lowest BCUT2D eigenvalue weighted by atomic mass is 10.2. The number of aromatic nitrogens is 2. The van der Waals surface area contributed by atoms with Crippen molar-refractivity contribution in [2.75, 3.05) is 7.05 Å². The molecule has 1 heterocycles. The van der Waals surface area contributed by atoms with E-state index in [1.165, 1.54) is 22.8 Å². The first-order chi connectivity index (χ1) is 9.06. The van der Waals surface area contributed by atoms with Crippen molar-refractivity contribution < 1.29 is 24.4 Å². The number of carboxylic acids is 1. The Morgan fingerprint density at radius 1 is 1.37 bits per heavy atom. The normalized spacial score (nSPS) is 9.11. The fourth-order valence-corrected chi connectivity index (χ4v) is 1.19. The van der Waals surface area contributed by atoms with Crippen LogP contribution in [0.15, 0.2) is 43.0 Å². The van der Waals surface area contributed by atoms with Crippen LogP contribution in [0.25, 0.3) is 0 Å². The van der Waals surface area contributed by atoms with Crippen molar-refractivity contribution >= 4 is 12.0 Å². The summed E-state index contributed by atoms with van der Waals surface area (Å²) in [5.74, 6) is -1.62.